The Labute approximate surface area is 162 Å². The lowest BCUT2D eigenvalue weighted by atomic mass is 10.1. The predicted octanol–water partition coefficient (Wildman–Crippen LogP) is 1.96. The summed E-state index contributed by atoms with van der Waals surface area (Å²) in [5, 5.41) is 13.5. The van der Waals surface area contributed by atoms with E-state index in [4.69, 9.17) is 24.0 Å². The monoisotopic (exact) mass is 385 g/mol. The van der Waals surface area contributed by atoms with Crippen LogP contribution in [0.1, 0.15) is 5.56 Å². The van der Waals surface area contributed by atoms with Crippen molar-refractivity contribution < 1.29 is 18.9 Å². The quantitative estimate of drug-likeness (QED) is 0.659. The van der Waals surface area contributed by atoms with Gasteiger partial charge in [-0.25, -0.2) is 0 Å². The van der Waals surface area contributed by atoms with E-state index in [2.05, 4.69) is 15.1 Å². The molecule has 0 N–H and O–H groups in total. The van der Waals surface area contributed by atoms with Crippen LogP contribution in [0.5, 0.6) is 17.2 Å². The number of hydrogen-bond acceptors (Lipinski definition) is 8. The number of aromatic nitrogens is 4. The highest BCUT2D eigenvalue weighted by atomic mass is 16.5. The molecule has 9 heteroatoms. The molecule has 0 amide bonds. The maximum atomic E-state index is 5.47. The van der Waals surface area contributed by atoms with Crippen molar-refractivity contribution in [3.8, 4) is 28.6 Å². The third-order valence-corrected chi connectivity index (χ3v) is 4.80. The lowest BCUT2D eigenvalue weighted by Crippen LogP contribution is -2.37. The molecule has 3 aromatic rings. The van der Waals surface area contributed by atoms with Crippen LogP contribution < -0.4 is 19.1 Å². The predicted molar refractivity (Wildman–Crippen MR) is 104 cm³/mol. The van der Waals surface area contributed by atoms with Crippen LogP contribution in [-0.4, -0.2) is 67.4 Å². The molecule has 1 saturated heterocycles. The summed E-state index contributed by atoms with van der Waals surface area (Å²) in [6, 6.07) is 5.72. The first-order valence-corrected chi connectivity index (χ1v) is 9.02. The number of morpholine rings is 1. The number of aryl methyl sites for hydroxylation is 1. The van der Waals surface area contributed by atoms with E-state index in [9.17, 15) is 0 Å². The fourth-order valence-electron chi connectivity index (χ4n) is 3.35. The molecule has 0 bridgehead atoms. The zero-order valence-corrected chi connectivity index (χ0v) is 16.4. The number of methoxy groups -OCH3 is 3. The number of benzene rings is 1. The minimum absolute atomic E-state index is 0.528. The van der Waals surface area contributed by atoms with Crippen LogP contribution in [-0.2, 0) is 4.74 Å². The topological polar surface area (TPSA) is 83.2 Å². The first-order chi connectivity index (χ1) is 13.7. The summed E-state index contributed by atoms with van der Waals surface area (Å²) < 4.78 is 23.6. The van der Waals surface area contributed by atoms with Gasteiger partial charge in [-0.2, -0.15) is 4.52 Å². The van der Waals surface area contributed by atoms with Gasteiger partial charge < -0.3 is 23.8 Å². The van der Waals surface area contributed by atoms with Gasteiger partial charge in [0.2, 0.25) is 5.75 Å². The molecule has 0 saturated carbocycles. The standard InChI is InChI=1S/C19H23N5O4/c1-12-9-16(23-5-7-28-8-6-23)22-24-18(12)20-21-19(24)13-10-14(25-2)17(27-4)15(11-13)26-3/h9-11H,5-8H2,1-4H3. The van der Waals surface area contributed by atoms with Gasteiger partial charge in [-0.1, -0.05) is 0 Å². The van der Waals surface area contributed by atoms with Crippen molar-refractivity contribution >= 4 is 11.5 Å². The lowest BCUT2D eigenvalue weighted by molar-refractivity contribution is 0.122. The van der Waals surface area contributed by atoms with E-state index >= 15 is 0 Å². The smallest absolute Gasteiger partial charge is 0.203 e. The number of rotatable bonds is 5. The summed E-state index contributed by atoms with van der Waals surface area (Å²) in [5.41, 5.74) is 2.48. The Hall–Kier alpha value is -3.07. The number of fused-ring (bicyclic) bond motifs is 1. The number of anilines is 1. The lowest BCUT2D eigenvalue weighted by Gasteiger charge is -2.27. The Bertz CT molecular complexity index is 972. The molecule has 1 aliphatic rings. The van der Waals surface area contributed by atoms with Crippen LogP contribution in [0.25, 0.3) is 17.0 Å². The Balaban J connectivity index is 1.86. The molecule has 0 atom stereocenters. The van der Waals surface area contributed by atoms with Crippen molar-refractivity contribution in [3.05, 3.63) is 23.8 Å². The molecule has 3 heterocycles. The van der Waals surface area contributed by atoms with Gasteiger partial charge in [0.15, 0.2) is 23.0 Å². The molecule has 9 nitrogen and oxygen atoms in total. The Morgan fingerprint density at radius 3 is 2.21 bits per heavy atom. The third kappa shape index (κ3) is 3.07. The van der Waals surface area contributed by atoms with E-state index < -0.39 is 0 Å². The van der Waals surface area contributed by atoms with Crippen LogP contribution in [0.15, 0.2) is 18.2 Å². The number of ether oxygens (including phenoxy) is 4. The van der Waals surface area contributed by atoms with E-state index in [1.165, 1.54) is 0 Å². The van der Waals surface area contributed by atoms with E-state index in [0.717, 1.165) is 30.0 Å². The average Bonchev–Trinajstić information content (AvgIpc) is 3.17. The fourth-order valence-corrected chi connectivity index (χ4v) is 3.35. The molecule has 0 unspecified atom stereocenters. The normalized spacial score (nSPS) is 14.4. The second-order valence-corrected chi connectivity index (χ2v) is 6.46. The van der Waals surface area contributed by atoms with Gasteiger partial charge in [-0.15, -0.1) is 15.3 Å². The molecule has 28 heavy (non-hydrogen) atoms. The van der Waals surface area contributed by atoms with E-state index in [0.29, 0.717) is 41.9 Å². The summed E-state index contributed by atoms with van der Waals surface area (Å²) in [6.45, 7) is 5.01. The first-order valence-electron chi connectivity index (χ1n) is 9.02. The van der Waals surface area contributed by atoms with Crippen LogP contribution in [0.4, 0.5) is 5.82 Å². The zero-order chi connectivity index (χ0) is 19.7. The molecule has 1 aromatic carbocycles. The van der Waals surface area contributed by atoms with Crippen molar-refractivity contribution in [1.82, 2.24) is 19.8 Å². The molecule has 4 rings (SSSR count). The molecule has 2 aromatic heterocycles. The largest absolute Gasteiger partial charge is 0.493 e. The van der Waals surface area contributed by atoms with E-state index in [-0.39, 0.29) is 0 Å². The highest BCUT2D eigenvalue weighted by Crippen LogP contribution is 2.40. The third-order valence-electron chi connectivity index (χ3n) is 4.80. The molecule has 0 spiro atoms. The van der Waals surface area contributed by atoms with E-state index in [1.807, 2.05) is 25.1 Å². The van der Waals surface area contributed by atoms with Gasteiger partial charge in [0.1, 0.15) is 5.82 Å². The second kappa shape index (κ2) is 7.51. The van der Waals surface area contributed by atoms with Crippen molar-refractivity contribution in [1.29, 1.82) is 0 Å². The van der Waals surface area contributed by atoms with Crippen LogP contribution in [0.2, 0.25) is 0 Å². The van der Waals surface area contributed by atoms with Gasteiger partial charge in [-0.3, -0.25) is 0 Å². The van der Waals surface area contributed by atoms with Gasteiger partial charge in [0, 0.05) is 18.7 Å². The van der Waals surface area contributed by atoms with Gasteiger partial charge in [0.25, 0.3) is 0 Å². The maximum Gasteiger partial charge on any atom is 0.203 e. The molecule has 148 valence electrons. The molecule has 1 fully saturated rings. The van der Waals surface area contributed by atoms with Crippen LogP contribution in [0.3, 0.4) is 0 Å². The number of nitrogens with zero attached hydrogens (tertiary/aromatic N) is 5. The van der Waals surface area contributed by atoms with Crippen molar-refractivity contribution in [3.63, 3.8) is 0 Å². The zero-order valence-electron chi connectivity index (χ0n) is 16.4. The van der Waals surface area contributed by atoms with Gasteiger partial charge in [-0.05, 0) is 30.7 Å². The Morgan fingerprint density at radius 2 is 1.61 bits per heavy atom. The van der Waals surface area contributed by atoms with Crippen molar-refractivity contribution in [2.75, 3.05) is 52.5 Å². The second-order valence-electron chi connectivity index (χ2n) is 6.46. The van der Waals surface area contributed by atoms with Crippen LogP contribution >= 0.6 is 0 Å². The van der Waals surface area contributed by atoms with Crippen molar-refractivity contribution in [2.45, 2.75) is 6.92 Å². The maximum absolute atomic E-state index is 5.47. The summed E-state index contributed by atoms with van der Waals surface area (Å²) in [6.07, 6.45) is 0. The summed E-state index contributed by atoms with van der Waals surface area (Å²) >= 11 is 0. The summed E-state index contributed by atoms with van der Waals surface area (Å²) in [7, 11) is 4.75. The Kier molecular flexibility index (Phi) is 4.91. The number of hydrogen-bond donors (Lipinski definition) is 0. The summed E-state index contributed by atoms with van der Waals surface area (Å²) in [4.78, 5) is 2.20. The SMILES string of the molecule is COc1cc(-c2nnc3c(C)cc(N4CCOCC4)nn23)cc(OC)c1OC. The molecular weight excluding hydrogens is 362 g/mol. The highest BCUT2D eigenvalue weighted by molar-refractivity contribution is 5.69. The molecule has 0 radical (unpaired) electrons. The van der Waals surface area contributed by atoms with Crippen LogP contribution in [0, 0.1) is 6.92 Å². The van der Waals surface area contributed by atoms with Crippen molar-refractivity contribution in [2.24, 2.45) is 0 Å². The van der Waals surface area contributed by atoms with Gasteiger partial charge in [0.05, 0.1) is 34.5 Å². The minimum atomic E-state index is 0.528. The minimum Gasteiger partial charge on any atom is -0.493 e. The average molecular weight is 385 g/mol. The highest BCUT2D eigenvalue weighted by Gasteiger charge is 2.20. The first kappa shape index (κ1) is 18.3. The molecular formula is C19H23N5O4. The molecule has 1 aliphatic heterocycles. The fraction of sp³-hybridized carbons (Fsp3) is 0.421. The molecule has 0 aliphatic carbocycles. The van der Waals surface area contributed by atoms with Gasteiger partial charge >= 0.3 is 0 Å². The Morgan fingerprint density at radius 1 is 0.929 bits per heavy atom. The summed E-state index contributed by atoms with van der Waals surface area (Å²) in [5.74, 6) is 3.11. The van der Waals surface area contributed by atoms with E-state index in [1.54, 1.807) is 25.8 Å².